The van der Waals surface area contributed by atoms with Gasteiger partial charge in [0.1, 0.15) is 0 Å². The van der Waals surface area contributed by atoms with Crippen LogP contribution in [0.4, 0.5) is 21.8 Å². The number of piperidine rings is 1. The van der Waals surface area contributed by atoms with Gasteiger partial charge in [0.2, 0.25) is 5.95 Å². The van der Waals surface area contributed by atoms with E-state index in [-0.39, 0.29) is 22.9 Å². The van der Waals surface area contributed by atoms with Gasteiger partial charge < -0.3 is 20.1 Å². The number of anilines is 3. The SMILES string of the molecule is CN1C(C)(C)CC(Nc2nc(Nc3ccc4c(c3)OC3(CCCC3)O4)ncc2F)CC1(C)C. The molecule has 2 aromatic rings. The maximum Gasteiger partial charge on any atom is 0.251 e. The molecule has 2 N–H and O–H groups in total. The summed E-state index contributed by atoms with van der Waals surface area (Å²) < 4.78 is 26.8. The Morgan fingerprint density at radius 3 is 2.39 bits per heavy atom. The maximum absolute atomic E-state index is 14.6. The minimum atomic E-state index is -0.500. The highest BCUT2D eigenvalue weighted by Crippen LogP contribution is 2.47. The van der Waals surface area contributed by atoms with Gasteiger partial charge in [-0.15, -0.1) is 0 Å². The molecule has 3 aliphatic rings. The van der Waals surface area contributed by atoms with E-state index in [2.05, 4.69) is 60.2 Å². The van der Waals surface area contributed by atoms with Crippen LogP contribution in [-0.2, 0) is 0 Å². The molecule has 0 bridgehead atoms. The van der Waals surface area contributed by atoms with Crippen molar-refractivity contribution < 1.29 is 13.9 Å². The first-order valence-corrected chi connectivity index (χ1v) is 11.9. The third-order valence-electron chi connectivity index (χ3n) is 7.55. The highest BCUT2D eigenvalue weighted by atomic mass is 19.1. The number of nitrogens with one attached hydrogen (secondary N) is 2. The van der Waals surface area contributed by atoms with E-state index in [0.717, 1.165) is 55.7 Å². The van der Waals surface area contributed by atoms with E-state index >= 15 is 0 Å². The molecule has 1 spiro atoms. The van der Waals surface area contributed by atoms with Gasteiger partial charge in [-0.1, -0.05) is 0 Å². The quantitative estimate of drug-likeness (QED) is 0.634. The zero-order valence-electron chi connectivity index (χ0n) is 20.2. The van der Waals surface area contributed by atoms with Crippen molar-refractivity contribution in [2.45, 2.75) is 89.1 Å². The van der Waals surface area contributed by atoms with Gasteiger partial charge in [-0.05, 0) is 72.6 Å². The molecule has 1 aromatic heterocycles. The zero-order chi connectivity index (χ0) is 23.4. The predicted octanol–water partition coefficient (Wildman–Crippen LogP) is 5.46. The van der Waals surface area contributed by atoms with Crippen LogP contribution in [0.3, 0.4) is 0 Å². The van der Waals surface area contributed by atoms with Crippen LogP contribution < -0.4 is 20.1 Å². The number of nitrogens with zero attached hydrogens (tertiary/aromatic N) is 3. The van der Waals surface area contributed by atoms with Crippen molar-refractivity contribution in [2.75, 3.05) is 17.7 Å². The van der Waals surface area contributed by atoms with Gasteiger partial charge >= 0.3 is 0 Å². The van der Waals surface area contributed by atoms with E-state index in [1.54, 1.807) is 0 Å². The second-order valence-corrected chi connectivity index (χ2v) is 10.9. The molecule has 2 fully saturated rings. The molecule has 1 saturated heterocycles. The summed E-state index contributed by atoms with van der Waals surface area (Å²) >= 11 is 0. The van der Waals surface area contributed by atoms with Crippen molar-refractivity contribution in [3.05, 3.63) is 30.2 Å². The first kappa shape index (κ1) is 22.2. The molecule has 33 heavy (non-hydrogen) atoms. The maximum atomic E-state index is 14.6. The molecule has 5 rings (SSSR count). The van der Waals surface area contributed by atoms with Crippen molar-refractivity contribution in [3.63, 3.8) is 0 Å². The van der Waals surface area contributed by atoms with Crippen molar-refractivity contribution in [2.24, 2.45) is 0 Å². The van der Waals surface area contributed by atoms with Gasteiger partial charge in [0.05, 0.1) is 6.20 Å². The molecule has 1 saturated carbocycles. The Labute approximate surface area is 195 Å². The second-order valence-electron chi connectivity index (χ2n) is 10.9. The Morgan fingerprint density at radius 1 is 1.03 bits per heavy atom. The summed E-state index contributed by atoms with van der Waals surface area (Å²) in [5.74, 6) is 1.08. The van der Waals surface area contributed by atoms with Gasteiger partial charge in [0.25, 0.3) is 5.79 Å². The van der Waals surface area contributed by atoms with Crippen LogP contribution in [0.2, 0.25) is 0 Å². The van der Waals surface area contributed by atoms with Crippen LogP contribution >= 0.6 is 0 Å². The molecule has 2 aliphatic heterocycles. The minimum Gasteiger partial charge on any atom is -0.448 e. The van der Waals surface area contributed by atoms with E-state index in [1.165, 1.54) is 6.20 Å². The number of ether oxygens (including phenoxy) is 2. The molecule has 1 aliphatic carbocycles. The van der Waals surface area contributed by atoms with E-state index in [1.807, 2.05) is 18.2 Å². The van der Waals surface area contributed by atoms with Crippen LogP contribution in [0.1, 0.15) is 66.2 Å². The predicted molar refractivity (Wildman–Crippen MR) is 127 cm³/mol. The lowest BCUT2D eigenvalue weighted by Gasteiger charge is -2.53. The van der Waals surface area contributed by atoms with Crippen molar-refractivity contribution >= 4 is 17.5 Å². The summed E-state index contributed by atoms with van der Waals surface area (Å²) in [4.78, 5) is 11.0. The Kier molecular flexibility index (Phi) is 5.19. The number of hydrogen-bond donors (Lipinski definition) is 2. The Bertz CT molecular complexity index is 1030. The normalized spacial score (nSPS) is 23.1. The van der Waals surface area contributed by atoms with Gasteiger partial charge in [-0.25, -0.2) is 9.37 Å². The molecule has 1 aromatic carbocycles. The van der Waals surface area contributed by atoms with Crippen molar-refractivity contribution in [1.29, 1.82) is 0 Å². The van der Waals surface area contributed by atoms with E-state index < -0.39 is 11.6 Å². The first-order chi connectivity index (χ1) is 15.6. The van der Waals surface area contributed by atoms with E-state index in [0.29, 0.717) is 5.95 Å². The molecular weight excluding hydrogens is 421 g/mol. The zero-order valence-corrected chi connectivity index (χ0v) is 20.2. The van der Waals surface area contributed by atoms with Crippen LogP contribution in [0.5, 0.6) is 11.5 Å². The average molecular weight is 456 g/mol. The Morgan fingerprint density at radius 2 is 1.70 bits per heavy atom. The smallest absolute Gasteiger partial charge is 0.251 e. The van der Waals surface area contributed by atoms with Crippen LogP contribution in [-0.4, -0.2) is 44.8 Å². The standard InChI is InChI=1S/C25H34FN5O2/c1-23(2)13-17(14-24(3,4)31(23)5)28-21-18(26)15-27-22(30-21)29-16-8-9-19-20(12-16)33-25(32-19)10-6-7-11-25/h8-9,12,15,17H,6-7,10-11,13-14H2,1-5H3,(H2,27,28,29,30). The van der Waals surface area contributed by atoms with Crippen molar-refractivity contribution in [1.82, 2.24) is 14.9 Å². The number of hydrogen-bond acceptors (Lipinski definition) is 7. The van der Waals surface area contributed by atoms with Gasteiger partial charge in [-0.3, -0.25) is 4.90 Å². The lowest BCUT2D eigenvalue weighted by molar-refractivity contribution is -0.0716. The minimum absolute atomic E-state index is 0.00678. The molecule has 8 heteroatoms. The van der Waals surface area contributed by atoms with Gasteiger partial charge in [0, 0.05) is 41.7 Å². The number of halogens is 1. The summed E-state index contributed by atoms with van der Waals surface area (Å²) in [5, 5.41) is 6.53. The van der Waals surface area contributed by atoms with Gasteiger partial charge in [0.15, 0.2) is 23.1 Å². The summed E-state index contributed by atoms with van der Waals surface area (Å²) in [5.41, 5.74) is 0.756. The van der Waals surface area contributed by atoms with Crippen LogP contribution in [0.25, 0.3) is 0 Å². The third-order valence-corrected chi connectivity index (χ3v) is 7.55. The summed E-state index contributed by atoms with van der Waals surface area (Å²) in [6.45, 7) is 8.89. The highest BCUT2D eigenvalue weighted by Gasteiger charge is 2.44. The van der Waals surface area contributed by atoms with Gasteiger partial charge in [-0.2, -0.15) is 4.98 Å². The van der Waals surface area contributed by atoms with Crippen LogP contribution in [0.15, 0.2) is 24.4 Å². The van der Waals surface area contributed by atoms with E-state index in [9.17, 15) is 4.39 Å². The number of fused-ring (bicyclic) bond motifs is 1. The molecule has 0 radical (unpaired) electrons. The fourth-order valence-electron chi connectivity index (χ4n) is 5.61. The Hall–Kier alpha value is -2.61. The summed E-state index contributed by atoms with van der Waals surface area (Å²) in [6, 6.07) is 5.80. The third kappa shape index (κ3) is 4.21. The number of benzene rings is 1. The number of rotatable bonds is 4. The summed E-state index contributed by atoms with van der Waals surface area (Å²) in [6.07, 6.45) is 7.04. The molecule has 0 unspecified atom stereocenters. The molecule has 0 amide bonds. The fourth-order valence-corrected chi connectivity index (χ4v) is 5.61. The molecule has 7 nitrogen and oxygen atoms in total. The second kappa shape index (κ2) is 7.72. The number of likely N-dealkylation sites (tertiary alicyclic amines) is 1. The lowest BCUT2D eigenvalue weighted by atomic mass is 9.77. The highest BCUT2D eigenvalue weighted by molar-refractivity contribution is 5.61. The fraction of sp³-hybridized carbons (Fsp3) is 0.600. The topological polar surface area (TPSA) is 71.5 Å². The number of aromatic nitrogens is 2. The lowest BCUT2D eigenvalue weighted by Crippen LogP contribution is -2.61. The molecule has 3 heterocycles. The molecule has 0 atom stereocenters. The monoisotopic (exact) mass is 455 g/mol. The molecular formula is C25H34FN5O2. The first-order valence-electron chi connectivity index (χ1n) is 11.9. The average Bonchev–Trinajstić information content (AvgIpc) is 3.33. The van der Waals surface area contributed by atoms with Crippen LogP contribution in [0, 0.1) is 5.82 Å². The van der Waals surface area contributed by atoms with E-state index in [4.69, 9.17) is 9.47 Å². The largest absolute Gasteiger partial charge is 0.448 e. The Balaban J connectivity index is 1.31. The molecule has 178 valence electrons. The summed E-state index contributed by atoms with van der Waals surface area (Å²) in [7, 11) is 2.16. The van der Waals surface area contributed by atoms with Crippen molar-refractivity contribution in [3.8, 4) is 11.5 Å².